The predicted octanol–water partition coefficient (Wildman–Crippen LogP) is 2.02. The van der Waals surface area contributed by atoms with Crippen LogP contribution < -0.4 is 14.8 Å². The molecule has 2 aromatic rings. The summed E-state index contributed by atoms with van der Waals surface area (Å²) in [7, 11) is -3.78. The number of aryl methyl sites for hydroxylation is 1. The number of sulfonamides is 1. The minimum absolute atomic E-state index is 0.0719. The van der Waals surface area contributed by atoms with E-state index in [0.717, 1.165) is 5.56 Å². The highest BCUT2D eigenvalue weighted by molar-refractivity contribution is 7.89. The van der Waals surface area contributed by atoms with E-state index in [2.05, 4.69) is 5.32 Å². The van der Waals surface area contributed by atoms with Crippen molar-refractivity contribution in [2.75, 3.05) is 38.1 Å². The molecular formula is C23H27N3O6S. The molecule has 1 N–H and O–H groups in total. The van der Waals surface area contributed by atoms with Crippen molar-refractivity contribution in [2.24, 2.45) is 0 Å². The lowest BCUT2D eigenvalue weighted by Gasteiger charge is -2.34. The first-order valence-corrected chi connectivity index (χ1v) is 12.3. The summed E-state index contributed by atoms with van der Waals surface area (Å²) >= 11 is 0. The van der Waals surface area contributed by atoms with Crippen molar-refractivity contribution in [2.45, 2.75) is 31.3 Å². The number of nitrogens with zero attached hydrogens (tertiary/aromatic N) is 2. The summed E-state index contributed by atoms with van der Waals surface area (Å²) < 4.78 is 38.8. The maximum Gasteiger partial charge on any atom is 0.265 e. The topological polar surface area (TPSA) is 105 Å². The third-order valence-electron chi connectivity index (χ3n) is 5.72. The Morgan fingerprint density at radius 2 is 1.91 bits per heavy atom. The smallest absolute Gasteiger partial charge is 0.265 e. The van der Waals surface area contributed by atoms with Gasteiger partial charge in [-0.1, -0.05) is 19.1 Å². The molecule has 9 nitrogen and oxygen atoms in total. The second-order valence-electron chi connectivity index (χ2n) is 8.05. The third-order valence-corrected chi connectivity index (χ3v) is 7.62. The second-order valence-corrected chi connectivity index (χ2v) is 9.99. The average Bonchev–Trinajstić information content (AvgIpc) is 2.81. The molecule has 33 heavy (non-hydrogen) atoms. The van der Waals surface area contributed by atoms with Gasteiger partial charge in [0.1, 0.15) is 11.5 Å². The van der Waals surface area contributed by atoms with E-state index in [-0.39, 0.29) is 49.5 Å². The summed E-state index contributed by atoms with van der Waals surface area (Å²) in [6.45, 7) is 4.59. The molecule has 2 aliphatic rings. The molecule has 4 rings (SSSR count). The van der Waals surface area contributed by atoms with E-state index in [1.165, 1.54) is 16.4 Å². The van der Waals surface area contributed by atoms with Gasteiger partial charge in [-0.15, -0.1) is 0 Å². The number of benzene rings is 2. The molecule has 0 saturated carbocycles. The molecule has 2 amide bonds. The summed E-state index contributed by atoms with van der Waals surface area (Å²) in [5, 5.41) is 2.72. The summed E-state index contributed by atoms with van der Waals surface area (Å²) in [5.41, 5.74) is 1.38. The van der Waals surface area contributed by atoms with Crippen molar-refractivity contribution >= 4 is 27.5 Å². The Balaban J connectivity index is 1.36. The normalized spacial score (nSPS) is 18.8. The van der Waals surface area contributed by atoms with E-state index in [0.29, 0.717) is 23.6 Å². The van der Waals surface area contributed by atoms with E-state index in [4.69, 9.17) is 9.47 Å². The van der Waals surface area contributed by atoms with Gasteiger partial charge in [0.15, 0.2) is 12.7 Å². The van der Waals surface area contributed by atoms with Crippen molar-refractivity contribution in [1.82, 2.24) is 9.21 Å². The highest BCUT2D eigenvalue weighted by Crippen LogP contribution is 2.33. The van der Waals surface area contributed by atoms with Crippen LogP contribution in [-0.2, 0) is 19.6 Å². The van der Waals surface area contributed by atoms with Gasteiger partial charge in [0.25, 0.3) is 11.8 Å². The zero-order valence-corrected chi connectivity index (χ0v) is 19.4. The van der Waals surface area contributed by atoms with Crippen LogP contribution in [0, 0.1) is 6.92 Å². The maximum atomic E-state index is 13.1. The largest absolute Gasteiger partial charge is 0.484 e. The number of carbonyl (C=O) groups excluding carboxylic acids is 2. The number of fused-ring (bicyclic) bond motifs is 1. The van der Waals surface area contributed by atoms with Gasteiger partial charge in [-0.3, -0.25) is 9.59 Å². The third kappa shape index (κ3) is 4.96. The van der Waals surface area contributed by atoms with Gasteiger partial charge in [-0.25, -0.2) is 8.42 Å². The first kappa shape index (κ1) is 23.1. The Hall–Kier alpha value is -3.11. The lowest BCUT2D eigenvalue weighted by atomic mass is 10.2. The Labute approximate surface area is 193 Å². The molecule has 0 aromatic heterocycles. The number of ether oxygens (including phenoxy) is 2. The summed E-state index contributed by atoms with van der Waals surface area (Å²) in [6.07, 6.45) is -0.0647. The Bertz CT molecular complexity index is 1160. The maximum absolute atomic E-state index is 13.1. The van der Waals surface area contributed by atoms with Gasteiger partial charge in [-0.05, 0) is 49.2 Å². The zero-order chi connectivity index (χ0) is 23.6. The molecule has 0 bridgehead atoms. The Kier molecular flexibility index (Phi) is 6.57. The molecule has 0 aliphatic carbocycles. The minimum atomic E-state index is -3.78. The number of hydrogen-bond acceptors (Lipinski definition) is 6. The summed E-state index contributed by atoms with van der Waals surface area (Å²) in [6, 6.07) is 11.9. The number of piperazine rings is 1. The molecule has 0 unspecified atom stereocenters. The molecule has 2 aromatic carbocycles. The summed E-state index contributed by atoms with van der Waals surface area (Å²) in [5.74, 6) is 0.593. The molecule has 10 heteroatoms. The molecule has 1 saturated heterocycles. The van der Waals surface area contributed by atoms with Gasteiger partial charge in [0.2, 0.25) is 10.0 Å². The number of amides is 2. The highest BCUT2D eigenvalue weighted by atomic mass is 32.2. The molecule has 1 fully saturated rings. The van der Waals surface area contributed by atoms with Crippen LogP contribution in [0.25, 0.3) is 0 Å². The van der Waals surface area contributed by atoms with Crippen LogP contribution in [0.3, 0.4) is 0 Å². The lowest BCUT2D eigenvalue weighted by molar-refractivity contribution is -0.134. The van der Waals surface area contributed by atoms with Crippen molar-refractivity contribution in [1.29, 1.82) is 0 Å². The van der Waals surface area contributed by atoms with Crippen molar-refractivity contribution in [3.05, 3.63) is 48.0 Å². The lowest BCUT2D eigenvalue weighted by Crippen LogP contribution is -2.51. The molecule has 2 aliphatic heterocycles. The van der Waals surface area contributed by atoms with E-state index in [1.807, 2.05) is 32.0 Å². The fourth-order valence-corrected chi connectivity index (χ4v) is 5.28. The van der Waals surface area contributed by atoms with Crippen molar-refractivity contribution < 1.29 is 27.5 Å². The van der Waals surface area contributed by atoms with Gasteiger partial charge in [0, 0.05) is 26.2 Å². The predicted molar refractivity (Wildman–Crippen MR) is 122 cm³/mol. The highest BCUT2D eigenvalue weighted by Gasteiger charge is 2.32. The minimum Gasteiger partial charge on any atom is -0.484 e. The molecule has 0 spiro atoms. The monoisotopic (exact) mass is 473 g/mol. The van der Waals surface area contributed by atoms with E-state index in [1.54, 1.807) is 17.0 Å². The first-order chi connectivity index (χ1) is 15.8. The van der Waals surface area contributed by atoms with Gasteiger partial charge in [-0.2, -0.15) is 4.31 Å². The number of hydrogen-bond donors (Lipinski definition) is 1. The van der Waals surface area contributed by atoms with E-state index < -0.39 is 16.1 Å². The van der Waals surface area contributed by atoms with Crippen LogP contribution in [-0.4, -0.2) is 68.3 Å². The first-order valence-electron chi connectivity index (χ1n) is 10.9. The Morgan fingerprint density at radius 3 is 2.61 bits per heavy atom. The molecule has 2 heterocycles. The SMILES string of the molecule is CC[C@@H]1Oc2ccc(S(=O)(=O)N3CCN(C(=O)COc4cccc(C)c4)CC3)cc2NC1=O. The molecule has 0 radical (unpaired) electrons. The average molecular weight is 474 g/mol. The van der Waals surface area contributed by atoms with Crippen LogP contribution in [0.15, 0.2) is 47.4 Å². The second kappa shape index (κ2) is 9.40. The van der Waals surface area contributed by atoms with Gasteiger partial charge in [0.05, 0.1) is 10.6 Å². The van der Waals surface area contributed by atoms with Crippen LogP contribution in [0.4, 0.5) is 5.69 Å². The van der Waals surface area contributed by atoms with E-state index in [9.17, 15) is 18.0 Å². The standard InChI is InChI=1S/C23H27N3O6S/c1-3-20-23(28)24-19-14-18(7-8-21(19)32-20)33(29,30)26-11-9-25(10-12-26)22(27)15-31-17-6-4-5-16(2)13-17/h4-8,13-14,20H,3,9-12,15H2,1-2H3,(H,24,28)/t20-/m0/s1. The fourth-order valence-electron chi connectivity index (χ4n) is 3.83. The van der Waals surface area contributed by atoms with Crippen LogP contribution >= 0.6 is 0 Å². The summed E-state index contributed by atoms with van der Waals surface area (Å²) in [4.78, 5) is 26.2. The zero-order valence-electron chi connectivity index (χ0n) is 18.6. The molecule has 1 atom stereocenters. The van der Waals surface area contributed by atoms with Crippen molar-refractivity contribution in [3.63, 3.8) is 0 Å². The quantitative estimate of drug-likeness (QED) is 0.688. The van der Waals surface area contributed by atoms with Crippen LogP contribution in [0.2, 0.25) is 0 Å². The number of rotatable bonds is 6. The van der Waals surface area contributed by atoms with Crippen LogP contribution in [0.1, 0.15) is 18.9 Å². The number of nitrogens with one attached hydrogen (secondary N) is 1. The number of carbonyl (C=O) groups is 2. The van der Waals surface area contributed by atoms with E-state index >= 15 is 0 Å². The Morgan fingerprint density at radius 1 is 1.15 bits per heavy atom. The van der Waals surface area contributed by atoms with Gasteiger partial charge >= 0.3 is 0 Å². The van der Waals surface area contributed by atoms with Crippen LogP contribution in [0.5, 0.6) is 11.5 Å². The molecule has 176 valence electrons. The van der Waals surface area contributed by atoms with Crippen molar-refractivity contribution in [3.8, 4) is 11.5 Å². The fraction of sp³-hybridized carbons (Fsp3) is 0.391. The molecular weight excluding hydrogens is 446 g/mol. The van der Waals surface area contributed by atoms with Gasteiger partial charge < -0.3 is 19.7 Å². The number of anilines is 1.